The molecule has 4 aromatic rings. The van der Waals surface area contributed by atoms with E-state index in [1.165, 1.54) is 13.3 Å². The quantitative estimate of drug-likeness (QED) is 0.171. The number of hydrogen-bond donors (Lipinski definition) is 0. The predicted molar refractivity (Wildman–Crippen MR) is 149 cm³/mol. The Labute approximate surface area is 223 Å². The number of benzene rings is 3. The molecule has 0 saturated carbocycles. The van der Waals surface area contributed by atoms with Crippen molar-refractivity contribution in [2.45, 2.75) is 26.5 Å². The van der Waals surface area contributed by atoms with Crippen LogP contribution >= 0.6 is 22.6 Å². The first-order valence-corrected chi connectivity index (χ1v) is 12.5. The van der Waals surface area contributed by atoms with Crippen LogP contribution in [-0.2, 0) is 16.1 Å². The van der Waals surface area contributed by atoms with Crippen molar-refractivity contribution in [3.05, 3.63) is 99.0 Å². The highest BCUT2D eigenvalue weighted by Crippen LogP contribution is 2.29. The van der Waals surface area contributed by atoms with E-state index in [0.717, 1.165) is 20.4 Å². The number of aromatic nitrogens is 1. The molecule has 0 fully saturated rings. The first kappa shape index (κ1) is 25.5. The van der Waals surface area contributed by atoms with E-state index in [2.05, 4.69) is 22.6 Å². The summed E-state index contributed by atoms with van der Waals surface area (Å²) in [4.78, 5) is 25.5. The fraction of sp³-hybridized carbons (Fsp3) is 0.172. The van der Waals surface area contributed by atoms with Crippen LogP contribution < -0.4 is 14.9 Å². The first-order chi connectivity index (χ1) is 17.3. The van der Waals surface area contributed by atoms with Crippen molar-refractivity contribution < 1.29 is 19.0 Å². The Morgan fingerprint density at radius 1 is 0.889 bits per heavy atom. The van der Waals surface area contributed by atoms with Crippen molar-refractivity contribution >= 4 is 28.6 Å². The molecular formula is C29H26INO5. The number of nitrogens with zero attached hydrogens (tertiary/aromatic N) is 1. The minimum Gasteiger partial charge on any atom is -0.491 e. The second-order valence-electron chi connectivity index (χ2n) is 8.42. The largest absolute Gasteiger partial charge is 0.491 e. The molecule has 0 spiro atoms. The second-order valence-corrected chi connectivity index (χ2v) is 9.58. The summed E-state index contributed by atoms with van der Waals surface area (Å²) in [5.74, 6) is 1.06. The zero-order chi connectivity index (χ0) is 25.7. The van der Waals surface area contributed by atoms with Crippen molar-refractivity contribution in [2.75, 3.05) is 7.11 Å². The van der Waals surface area contributed by atoms with Crippen LogP contribution in [0, 0.1) is 3.57 Å². The lowest BCUT2D eigenvalue weighted by molar-refractivity contribution is -0.141. The SMILES string of the molecule is COC(=O)Cn1cc(Oc2ccccc2I)c(=O)c(-c2cccc(-c3ccc(OC(C)C)cc3)c2)c1. The highest BCUT2D eigenvalue weighted by Gasteiger charge is 2.15. The molecule has 0 aliphatic rings. The molecule has 1 heterocycles. The standard InChI is InChI=1S/C29H26INO5/c1-19(2)35-23-13-11-20(12-14-23)21-7-6-8-22(15-21)24-16-31(18-28(32)34-3)17-27(29(24)33)36-26-10-5-4-9-25(26)30/h4-17,19H,18H2,1-3H3. The number of para-hydroxylation sites is 1. The monoisotopic (exact) mass is 595 g/mol. The van der Waals surface area contributed by atoms with Crippen LogP contribution in [0.2, 0.25) is 0 Å². The molecule has 0 amide bonds. The summed E-state index contributed by atoms with van der Waals surface area (Å²) >= 11 is 2.16. The Kier molecular flexibility index (Phi) is 8.10. The van der Waals surface area contributed by atoms with Gasteiger partial charge in [-0.1, -0.05) is 42.5 Å². The topological polar surface area (TPSA) is 66.8 Å². The van der Waals surface area contributed by atoms with E-state index in [-0.39, 0.29) is 23.8 Å². The molecule has 4 rings (SSSR count). The maximum atomic E-state index is 13.5. The van der Waals surface area contributed by atoms with Crippen molar-refractivity contribution in [1.82, 2.24) is 4.57 Å². The van der Waals surface area contributed by atoms with Gasteiger partial charge in [-0.3, -0.25) is 9.59 Å². The van der Waals surface area contributed by atoms with E-state index in [1.807, 2.05) is 80.6 Å². The molecule has 0 unspecified atom stereocenters. The van der Waals surface area contributed by atoms with Gasteiger partial charge >= 0.3 is 5.97 Å². The van der Waals surface area contributed by atoms with Crippen LogP contribution in [0.25, 0.3) is 22.3 Å². The summed E-state index contributed by atoms with van der Waals surface area (Å²) in [5.41, 5.74) is 2.81. The molecule has 0 aliphatic carbocycles. The van der Waals surface area contributed by atoms with Gasteiger partial charge in [-0.25, -0.2) is 0 Å². The van der Waals surface area contributed by atoms with Crippen LogP contribution in [0.3, 0.4) is 0 Å². The van der Waals surface area contributed by atoms with Gasteiger partial charge in [-0.2, -0.15) is 0 Å². The molecule has 184 valence electrons. The van der Waals surface area contributed by atoms with Crippen LogP contribution in [0.1, 0.15) is 13.8 Å². The molecule has 0 saturated heterocycles. The molecular weight excluding hydrogens is 569 g/mol. The maximum Gasteiger partial charge on any atom is 0.325 e. The number of halogens is 1. The Morgan fingerprint density at radius 2 is 1.61 bits per heavy atom. The lowest BCUT2D eigenvalue weighted by Gasteiger charge is -2.14. The molecule has 6 nitrogen and oxygen atoms in total. The number of hydrogen-bond acceptors (Lipinski definition) is 5. The van der Waals surface area contributed by atoms with Crippen molar-refractivity contribution in [3.8, 4) is 39.5 Å². The maximum absolute atomic E-state index is 13.5. The third kappa shape index (κ3) is 6.15. The van der Waals surface area contributed by atoms with E-state index < -0.39 is 5.97 Å². The van der Waals surface area contributed by atoms with Gasteiger partial charge < -0.3 is 18.8 Å². The van der Waals surface area contributed by atoms with Gasteiger partial charge in [-0.15, -0.1) is 0 Å². The smallest absolute Gasteiger partial charge is 0.325 e. The lowest BCUT2D eigenvalue weighted by Crippen LogP contribution is -2.17. The first-order valence-electron chi connectivity index (χ1n) is 11.4. The van der Waals surface area contributed by atoms with Crippen LogP contribution in [0.5, 0.6) is 17.2 Å². The third-order valence-electron chi connectivity index (χ3n) is 5.38. The predicted octanol–water partition coefficient (Wildman–Crippen LogP) is 6.54. The summed E-state index contributed by atoms with van der Waals surface area (Å²) in [6.07, 6.45) is 3.28. The van der Waals surface area contributed by atoms with Crippen LogP contribution in [-0.4, -0.2) is 23.8 Å². The Hall–Kier alpha value is -3.59. The Morgan fingerprint density at radius 3 is 2.31 bits per heavy atom. The third-order valence-corrected chi connectivity index (χ3v) is 6.27. The number of methoxy groups -OCH3 is 1. The number of pyridine rings is 1. The van der Waals surface area contributed by atoms with Gasteiger partial charge in [0, 0.05) is 11.8 Å². The number of carbonyl (C=O) groups is 1. The zero-order valence-electron chi connectivity index (χ0n) is 20.2. The van der Waals surface area contributed by atoms with Gasteiger partial charge in [0.1, 0.15) is 18.0 Å². The molecule has 3 aromatic carbocycles. The summed E-state index contributed by atoms with van der Waals surface area (Å²) in [7, 11) is 1.33. The Bertz CT molecular complexity index is 1430. The van der Waals surface area contributed by atoms with Crippen molar-refractivity contribution in [3.63, 3.8) is 0 Å². The Balaban J connectivity index is 1.75. The average molecular weight is 595 g/mol. The fourth-order valence-electron chi connectivity index (χ4n) is 3.70. The minimum absolute atomic E-state index is 0.0526. The van der Waals surface area contributed by atoms with Gasteiger partial charge in [0.15, 0.2) is 5.75 Å². The van der Waals surface area contributed by atoms with Gasteiger partial charge in [0.2, 0.25) is 5.43 Å². The van der Waals surface area contributed by atoms with E-state index in [9.17, 15) is 9.59 Å². The number of ether oxygens (including phenoxy) is 3. The summed E-state index contributed by atoms with van der Waals surface area (Å²) in [6.45, 7) is 3.92. The molecule has 1 aromatic heterocycles. The second kappa shape index (κ2) is 11.4. The normalized spacial score (nSPS) is 10.8. The van der Waals surface area contributed by atoms with Crippen molar-refractivity contribution in [1.29, 1.82) is 0 Å². The average Bonchev–Trinajstić information content (AvgIpc) is 2.87. The summed E-state index contributed by atoms with van der Waals surface area (Å²) < 4.78 is 19.1. The molecule has 7 heteroatoms. The highest BCUT2D eigenvalue weighted by molar-refractivity contribution is 14.1. The van der Waals surface area contributed by atoms with Crippen molar-refractivity contribution in [2.24, 2.45) is 0 Å². The molecule has 0 bridgehead atoms. The van der Waals surface area contributed by atoms with Crippen LogP contribution in [0.4, 0.5) is 0 Å². The zero-order valence-corrected chi connectivity index (χ0v) is 22.4. The van der Waals surface area contributed by atoms with Gasteiger partial charge in [0.25, 0.3) is 0 Å². The molecule has 0 aliphatic heterocycles. The van der Waals surface area contributed by atoms with E-state index in [0.29, 0.717) is 16.9 Å². The van der Waals surface area contributed by atoms with Gasteiger partial charge in [-0.05, 0) is 83.5 Å². The fourth-order valence-corrected chi connectivity index (χ4v) is 4.19. The number of rotatable bonds is 8. The highest BCUT2D eigenvalue weighted by atomic mass is 127. The number of esters is 1. The van der Waals surface area contributed by atoms with E-state index in [4.69, 9.17) is 14.2 Å². The molecule has 36 heavy (non-hydrogen) atoms. The summed E-state index contributed by atoms with van der Waals surface area (Å²) in [6, 6.07) is 23.0. The van der Waals surface area contributed by atoms with E-state index in [1.54, 1.807) is 16.8 Å². The minimum atomic E-state index is -0.428. The number of carbonyl (C=O) groups excluding carboxylic acids is 1. The lowest BCUT2D eigenvalue weighted by atomic mass is 9.99. The van der Waals surface area contributed by atoms with Gasteiger partial charge in [0.05, 0.1) is 23.0 Å². The molecule has 0 N–H and O–H groups in total. The molecule has 0 atom stereocenters. The molecule has 0 radical (unpaired) electrons. The van der Waals surface area contributed by atoms with Crippen LogP contribution in [0.15, 0.2) is 90.0 Å². The van der Waals surface area contributed by atoms with E-state index >= 15 is 0 Å². The summed E-state index contributed by atoms with van der Waals surface area (Å²) in [5, 5.41) is 0.